The molecule has 31 heavy (non-hydrogen) atoms. The minimum atomic E-state index is 0.0761. The largest absolute Gasteiger partial charge is 0.379 e. The number of fused-ring (bicyclic) bond motifs is 1. The predicted molar refractivity (Wildman–Crippen MR) is 117 cm³/mol. The Labute approximate surface area is 183 Å². The second-order valence-electron chi connectivity index (χ2n) is 8.83. The molecule has 8 nitrogen and oxygen atoms in total. The van der Waals surface area contributed by atoms with Crippen LogP contribution in [0, 0.1) is 25.2 Å². The quantitative estimate of drug-likeness (QED) is 0.765. The van der Waals surface area contributed by atoms with Crippen molar-refractivity contribution in [3.8, 4) is 6.07 Å². The highest BCUT2D eigenvalue weighted by atomic mass is 16.5. The van der Waals surface area contributed by atoms with Gasteiger partial charge >= 0.3 is 0 Å². The fourth-order valence-corrected chi connectivity index (χ4v) is 5.19. The zero-order chi connectivity index (χ0) is 21.8. The Morgan fingerprint density at radius 1 is 1.26 bits per heavy atom. The number of aromatic nitrogens is 3. The number of hydrogen-bond acceptors (Lipinski definition) is 6. The van der Waals surface area contributed by atoms with E-state index in [9.17, 15) is 10.1 Å². The molecule has 0 atom stereocenters. The second-order valence-corrected chi connectivity index (χ2v) is 8.83. The number of nitriles is 1. The molecule has 8 heteroatoms. The molecule has 1 aliphatic carbocycles. The van der Waals surface area contributed by atoms with Crippen LogP contribution in [0.5, 0.6) is 0 Å². The summed E-state index contributed by atoms with van der Waals surface area (Å²) < 4.78 is 7.25. The van der Waals surface area contributed by atoms with Crippen LogP contribution in [0.4, 0.5) is 0 Å². The number of carbonyl (C=O) groups excluding carboxylic acids is 1. The lowest BCUT2D eigenvalue weighted by atomic mass is 9.79. The first-order valence-electron chi connectivity index (χ1n) is 11.4. The summed E-state index contributed by atoms with van der Waals surface area (Å²) in [5.74, 6) is 0.0790. The van der Waals surface area contributed by atoms with Crippen LogP contribution in [0.15, 0.2) is 6.20 Å². The van der Waals surface area contributed by atoms with Gasteiger partial charge in [0.05, 0.1) is 19.4 Å². The first-order chi connectivity index (χ1) is 15.0. The van der Waals surface area contributed by atoms with E-state index in [-0.39, 0.29) is 11.4 Å². The van der Waals surface area contributed by atoms with Gasteiger partial charge in [-0.15, -0.1) is 0 Å². The number of morpholine rings is 1. The lowest BCUT2D eigenvalue weighted by Crippen LogP contribution is -2.59. The Morgan fingerprint density at radius 3 is 2.71 bits per heavy atom. The van der Waals surface area contributed by atoms with Crippen LogP contribution in [-0.4, -0.2) is 63.8 Å². The van der Waals surface area contributed by atoms with Crippen LogP contribution in [0.2, 0.25) is 0 Å². The predicted octanol–water partition coefficient (Wildman–Crippen LogP) is 2.30. The van der Waals surface area contributed by atoms with Crippen molar-refractivity contribution in [1.82, 2.24) is 24.8 Å². The van der Waals surface area contributed by atoms with E-state index in [1.807, 2.05) is 13.8 Å². The maximum atomic E-state index is 12.8. The fourth-order valence-electron chi connectivity index (χ4n) is 5.19. The number of rotatable bonds is 6. The van der Waals surface area contributed by atoms with Crippen LogP contribution in [0.3, 0.4) is 0 Å². The van der Waals surface area contributed by atoms with Gasteiger partial charge in [0, 0.05) is 43.0 Å². The van der Waals surface area contributed by atoms with Crippen molar-refractivity contribution in [2.75, 3.05) is 32.8 Å². The molecule has 0 unspecified atom stereocenters. The number of ether oxygens (including phenoxy) is 1. The minimum Gasteiger partial charge on any atom is -0.379 e. The van der Waals surface area contributed by atoms with Crippen molar-refractivity contribution in [2.45, 2.75) is 64.3 Å². The molecule has 2 aliphatic rings. The van der Waals surface area contributed by atoms with Crippen molar-refractivity contribution >= 4 is 11.6 Å². The third-order valence-corrected chi connectivity index (χ3v) is 7.01. The van der Waals surface area contributed by atoms with Crippen molar-refractivity contribution in [3.63, 3.8) is 0 Å². The van der Waals surface area contributed by atoms with E-state index in [1.165, 1.54) is 19.3 Å². The first kappa shape index (κ1) is 21.7. The number of amides is 1. The monoisotopic (exact) mass is 424 g/mol. The molecule has 1 amide bonds. The summed E-state index contributed by atoms with van der Waals surface area (Å²) in [6.45, 7) is 8.09. The standard InChI is InChI=1S/C23H32N6O2/c1-17-20(18(2)29-22(27-17)19(14-24)15-26-29)6-7-21(30)25-16-23(8-4-3-5-9-23)28-10-12-31-13-11-28/h15H,3-13,16H2,1-2H3,(H,25,30). The molecule has 1 saturated heterocycles. The van der Waals surface area contributed by atoms with E-state index < -0.39 is 0 Å². The minimum absolute atomic E-state index is 0.0761. The third kappa shape index (κ3) is 4.43. The van der Waals surface area contributed by atoms with E-state index in [4.69, 9.17) is 4.74 Å². The molecule has 1 saturated carbocycles. The molecule has 0 aromatic carbocycles. The Balaban J connectivity index is 1.40. The van der Waals surface area contributed by atoms with Gasteiger partial charge in [-0.3, -0.25) is 9.69 Å². The molecule has 0 bridgehead atoms. The average Bonchev–Trinajstić information content (AvgIpc) is 3.21. The molecule has 0 spiro atoms. The van der Waals surface area contributed by atoms with Crippen molar-refractivity contribution in [3.05, 3.63) is 28.7 Å². The van der Waals surface area contributed by atoms with Crippen LogP contribution in [0.25, 0.3) is 5.65 Å². The second kappa shape index (κ2) is 9.33. The van der Waals surface area contributed by atoms with E-state index >= 15 is 0 Å². The van der Waals surface area contributed by atoms with Crippen LogP contribution < -0.4 is 5.32 Å². The zero-order valence-corrected chi connectivity index (χ0v) is 18.6. The summed E-state index contributed by atoms with van der Waals surface area (Å²) in [6.07, 6.45) is 8.60. The van der Waals surface area contributed by atoms with E-state index in [1.54, 1.807) is 10.7 Å². The number of nitrogens with one attached hydrogen (secondary N) is 1. The van der Waals surface area contributed by atoms with Crippen molar-refractivity contribution in [1.29, 1.82) is 5.26 Å². The molecule has 2 aromatic rings. The number of aryl methyl sites for hydroxylation is 2. The van der Waals surface area contributed by atoms with Gasteiger partial charge in [0.15, 0.2) is 5.65 Å². The SMILES string of the molecule is Cc1nc2c(C#N)cnn2c(C)c1CCC(=O)NCC1(N2CCOCC2)CCCCC1. The smallest absolute Gasteiger partial charge is 0.220 e. The lowest BCUT2D eigenvalue weighted by molar-refractivity contribution is -0.122. The van der Waals surface area contributed by atoms with E-state index in [0.29, 0.717) is 30.6 Å². The van der Waals surface area contributed by atoms with E-state index in [0.717, 1.165) is 56.1 Å². The average molecular weight is 425 g/mol. The Hall–Kier alpha value is -2.50. The summed E-state index contributed by atoms with van der Waals surface area (Å²) >= 11 is 0. The Bertz CT molecular complexity index is 980. The van der Waals surface area contributed by atoms with Gasteiger partial charge in [0.2, 0.25) is 5.91 Å². The fraction of sp³-hybridized carbons (Fsp3) is 0.652. The molecule has 1 aliphatic heterocycles. The molecule has 4 rings (SSSR count). The molecule has 2 fully saturated rings. The maximum absolute atomic E-state index is 12.8. The molecule has 1 N–H and O–H groups in total. The van der Waals surface area contributed by atoms with Crippen LogP contribution in [0.1, 0.15) is 61.0 Å². The van der Waals surface area contributed by atoms with Gasteiger partial charge in [0.25, 0.3) is 0 Å². The Morgan fingerprint density at radius 2 is 2.00 bits per heavy atom. The summed E-state index contributed by atoms with van der Waals surface area (Å²) in [4.78, 5) is 19.9. The summed E-state index contributed by atoms with van der Waals surface area (Å²) in [7, 11) is 0. The van der Waals surface area contributed by atoms with Crippen LogP contribution in [-0.2, 0) is 16.0 Å². The highest BCUT2D eigenvalue weighted by molar-refractivity contribution is 5.76. The van der Waals surface area contributed by atoms with E-state index in [2.05, 4.69) is 26.4 Å². The Kier molecular flexibility index (Phi) is 6.54. The topological polar surface area (TPSA) is 95.6 Å². The van der Waals surface area contributed by atoms with Gasteiger partial charge in [-0.2, -0.15) is 10.4 Å². The van der Waals surface area contributed by atoms with Gasteiger partial charge in [-0.1, -0.05) is 19.3 Å². The first-order valence-corrected chi connectivity index (χ1v) is 11.4. The summed E-state index contributed by atoms with van der Waals surface area (Å²) in [5, 5.41) is 16.8. The van der Waals surface area contributed by atoms with Crippen LogP contribution >= 0.6 is 0 Å². The molecular formula is C23H32N6O2. The molecule has 166 valence electrons. The van der Waals surface area contributed by atoms with Gasteiger partial charge in [-0.05, 0) is 38.7 Å². The van der Waals surface area contributed by atoms with Crippen molar-refractivity contribution < 1.29 is 9.53 Å². The summed E-state index contributed by atoms with van der Waals surface area (Å²) in [6, 6.07) is 2.13. The number of carbonyl (C=O) groups is 1. The third-order valence-electron chi connectivity index (χ3n) is 7.01. The van der Waals surface area contributed by atoms with Gasteiger partial charge in [-0.25, -0.2) is 9.50 Å². The summed E-state index contributed by atoms with van der Waals surface area (Å²) in [5.41, 5.74) is 3.94. The van der Waals surface area contributed by atoms with Crippen molar-refractivity contribution in [2.24, 2.45) is 0 Å². The number of nitrogens with zero attached hydrogens (tertiary/aromatic N) is 5. The van der Waals surface area contributed by atoms with Gasteiger partial charge in [0.1, 0.15) is 11.6 Å². The molecule has 2 aromatic heterocycles. The van der Waals surface area contributed by atoms with Gasteiger partial charge < -0.3 is 10.1 Å². The normalized spacial score (nSPS) is 19.3. The molecule has 0 radical (unpaired) electrons. The lowest BCUT2D eigenvalue weighted by Gasteiger charge is -2.48. The zero-order valence-electron chi connectivity index (χ0n) is 18.6. The highest BCUT2D eigenvalue weighted by Crippen LogP contribution is 2.34. The molecule has 3 heterocycles. The molecular weight excluding hydrogens is 392 g/mol. The maximum Gasteiger partial charge on any atom is 0.220 e. The highest BCUT2D eigenvalue weighted by Gasteiger charge is 2.38. The number of hydrogen-bond donors (Lipinski definition) is 1.